The van der Waals surface area contributed by atoms with Gasteiger partial charge in [-0.25, -0.2) is 0 Å². The van der Waals surface area contributed by atoms with Gasteiger partial charge in [-0.15, -0.1) is 0 Å². The number of carbonyl (C=O) groups excluding carboxylic acids is 1. The Kier molecular flexibility index (Phi) is 5.42. The minimum atomic E-state index is -4.73. The predicted octanol–water partition coefficient (Wildman–Crippen LogP) is 4.04. The Morgan fingerprint density at radius 2 is 2.00 bits per heavy atom. The molecule has 0 bridgehead atoms. The molecule has 1 aliphatic rings. The molecule has 7 nitrogen and oxygen atoms in total. The topological polar surface area (TPSA) is 95.9 Å². The Labute approximate surface area is 175 Å². The van der Waals surface area contributed by atoms with Crippen molar-refractivity contribution in [3.8, 4) is 17.5 Å². The van der Waals surface area contributed by atoms with Gasteiger partial charge in [0.1, 0.15) is 6.07 Å². The number of piperidine rings is 1. The molecular formula is C21H16F3N5O2. The van der Waals surface area contributed by atoms with E-state index in [0.29, 0.717) is 37.1 Å². The molecule has 0 radical (unpaired) electrons. The summed E-state index contributed by atoms with van der Waals surface area (Å²) in [6.45, 7) is 1.00. The number of carbonyl (C=O) groups is 1. The van der Waals surface area contributed by atoms with Crippen LogP contribution in [0.4, 0.5) is 13.2 Å². The molecule has 4 rings (SSSR count). The molecule has 31 heavy (non-hydrogen) atoms. The van der Waals surface area contributed by atoms with E-state index in [1.807, 2.05) is 6.07 Å². The number of nitriles is 1. The monoisotopic (exact) mass is 427 g/mol. The number of amides is 1. The molecule has 10 heteroatoms. The summed E-state index contributed by atoms with van der Waals surface area (Å²) in [5, 5.41) is 12.6. The Morgan fingerprint density at radius 1 is 1.23 bits per heavy atom. The summed E-state index contributed by atoms with van der Waals surface area (Å²) in [5.74, 6) is -1.74. The number of nitrogens with zero attached hydrogens (tertiary/aromatic N) is 5. The highest BCUT2D eigenvalue weighted by Gasteiger charge is 2.38. The normalized spacial score (nSPS) is 15.0. The smallest absolute Gasteiger partial charge is 0.339 e. The van der Waals surface area contributed by atoms with Gasteiger partial charge in [0, 0.05) is 36.6 Å². The van der Waals surface area contributed by atoms with Gasteiger partial charge in [0.25, 0.3) is 5.91 Å². The van der Waals surface area contributed by atoms with Crippen LogP contribution in [0.2, 0.25) is 0 Å². The van der Waals surface area contributed by atoms with Crippen LogP contribution < -0.4 is 0 Å². The first-order valence-corrected chi connectivity index (χ1v) is 9.51. The van der Waals surface area contributed by atoms with E-state index in [2.05, 4.69) is 25.7 Å². The Hall–Kier alpha value is -3.74. The van der Waals surface area contributed by atoms with Gasteiger partial charge in [-0.2, -0.15) is 23.4 Å². The average molecular weight is 427 g/mol. The van der Waals surface area contributed by atoms with Crippen molar-refractivity contribution >= 4 is 5.91 Å². The molecule has 0 N–H and O–H groups in total. The number of hydrogen-bond donors (Lipinski definition) is 0. The molecule has 1 fully saturated rings. The van der Waals surface area contributed by atoms with E-state index in [-0.39, 0.29) is 23.2 Å². The zero-order chi connectivity index (χ0) is 22.0. The Bertz CT molecular complexity index is 1140. The number of alkyl halides is 3. The summed E-state index contributed by atoms with van der Waals surface area (Å²) in [6.07, 6.45) is -0.140. The highest BCUT2D eigenvalue weighted by Crippen LogP contribution is 2.31. The Balaban J connectivity index is 1.47. The van der Waals surface area contributed by atoms with Crippen LogP contribution in [0, 0.1) is 11.3 Å². The standard InChI is InChI=1S/C21H16F3N5O2/c22-21(23,24)20-27-18(28-31-20)14-2-1-3-15(10-14)19(30)29-8-5-13(6-9-29)17-4-7-26-12-16(17)11-25/h1-4,7,10,12-13H,5-6,8-9H2. The fourth-order valence-corrected chi connectivity index (χ4v) is 3.68. The molecule has 0 aliphatic carbocycles. The summed E-state index contributed by atoms with van der Waals surface area (Å²) in [5.41, 5.74) is 2.06. The van der Waals surface area contributed by atoms with Crippen LogP contribution in [0.1, 0.15) is 46.1 Å². The van der Waals surface area contributed by atoms with Crippen molar-refractivity contribution in [3.63, 3.8) is 0 Å². The van der Waals surface area contributed by atoms with Crippen molar-refractivity contribution in [2.24, 2.45) is 0 Å². The van der Waals surface area contributed by atoms with Crippen molar-refractivity contribution in [3.05, 3.63) is 65.3 Å². The first-order valence-electron chi connectivity index (χ1n) is 9.51. The maximum atomic E-state index is 12.9. The molecule has 3 heterocycles. The van der Waals surface area contributed by atoms with Crippen LogP contribution in [0.3, 0.4) is 0 Å². The van der Waals surface area contributed by atoms with Crippen molar-refractivity contribution < 1.29 is 22.5 Å². The first kappa shape index (κ1) is 20.5. The lowest BCUT2D eigenvalue weighted by Crippen LogP contribution is -2.38. The largest absolute Gasteiger partial charge is 0.471 e. The fraction of sp³-hybridized carbons (Fsp3) is 0.286. The molecule has 0 unspecified atom stereocenters. The van der Waals surface area contributed by atoms with E-state index in [1.165, 1.54) is 12.1 Å². The van der Waals surface area contributed by atoms with Gasteiger partial charge in [0.2, 0.25) is 5.82 Å². The molecule has 2 aromatic heterocycles. The second-order valence-electron chi connectivity index (χ2n) is 7.14. The lowest BCUT2D eigenvalue weighted by Gasteiger charge is -2.32. The molecule has 0 saturated carbocycles. The highest BCUT2D eigenvalue weighted by atomic mass is 19.4. The zero-order valence-electron chi connectivity index (χ0n) is 16.1. The highest BCUT2D eigenvalue weighted by molar-refractivity contribution is 5.95. The van der Waals surface area contributed by atoms with Crippen molar-refractivity contribution in [1.82, 2.24) is 20.0 Å². The quantitative estimate of drug-likeness (QED) is 0.626. The fourth-order valence-electron chi connectivity index (χ4n) is 3.68. The van der Waals surface area contributed by atoms with Crippen LogP contribution in [-0.4, -0.2) is 39.0 Å². The van der Waals surface area contributed by atoms with E-state index in [9.17, 15) is 23.2 Å². The van der Waals surface area contributed by atoms with Gasteiger partial charge in [0.05, 0.1) is 5.56 Å². The minimum absolute atomic E-state index is 0.160. The molecule has 1 aliphatic heterocycles. The second-order valence-corrected chi connectivity index (χ2v) is 7.14. The molecule has 158 valence electrons. The molecule has 3 aromatic rings. The summed E-state index contributed by atoms with van der Waals surface area (Å²) in [4.78, 5) is 22.0. The van der Waals surface area contributed by atoms with Gasteiger partial charge in [0.15, 0.2) is 0 Å². The summed E-state index contributed by atoms with van der Waals surface area (Å²) < 4.78 is 42.3. The Morgan fingerprint density at radius 3 is 2.68 bits per heavy atom. The van der Waals surface area contributed by atoms with E-state index in [0.717, 1.165) is 5.56 Å². The van der Waals surface area contributed by atoms with Crippen LogP contribution in [0.25, 0.3) is 11.4 Å². The van der Waals surface area contributed by atoms with Crippen LogP contribution in [0.5, 0.6) is 0 Å². The van der Waals surface area contributed by atoms with E-state index in [4.69, 9.17) is 0 Å². The molecule has 1 aromatic carbocycles. The molecule has 0 spiro atoms. The van der Waals surface area contributed by atoms with Gasteiger partial charge < -0.3 is 9.42 Å². The third kappa shape index (κ3) is 4.26. The SMILES string of the molecule is N#Cc1cnccc1C1CCN(C(=O)c2cccc(-c3noc(C(F)(F)F)n3)c2)CC1. The number of halogens is 3. The lowest BCUT2D eigenvalue weighted by atomic mass is 9.87. The first-order chi connectivity index (χ1) is 14.9. The van der Waals surface area contributed by atoms with Crippen molar-refractivity contribution in [2.75, 3.05) is 13.1 Å². The number of pyridine rings is 1. The molecule has 0 atom stereocenters. The summed E-state index contributed by atoms with van der Waals surface area (Å²) in [7, 11) is 0. The maximum Gasteiger partial charge on any atom is 0.471 e. The minimum Gasteiger partial charge on any atom is -0.339 e. The number of aromatic nitrogens is 3. The predicted molar refractivity (Wildman–Crippen MR) is 102 cm³/mol. The molecule has 1 saturated heterocycles. The number of benzene rings is 1. The van der Waals surface area contributed by atoms with Gasteiger partial charge in [-0.3, -0.25) is 9.78 Å². The van der Waals surface area contributed by atoms with Gasteiger partial charge in [-0.1, -0.05) is 17.3 Å². The van der Waals surface area contributed by atoms with Crippen molar-refractivity contribution in [1.29, 1.82) is 5.26 Å². The van der Waals surface area contributed by atoms with Crippen molar-refractivity contribution in [2.45, 2.75) is 24.9 Å². The van der Waals surface area contributed by atoms with Crippen LogP contribution in [0.15, 0.2) is 47.2 Å². The average Bonchev–Trinajstić information content (AvgIpc) is 3.30. The lowest BCUT2D eigenvalue weighted by molar-refractivity contribution is -0.159. The third-order valence-electron chi connectivity index (χ3n) is 5.23. The second kappa shape index (κ2) is 8.18. The number of hydrogen-bond acceptors (Lipinski definition) is 6. The number of rotatable bonds is 3. The third-order valence-corrected chi connectivity index (χ3v) is 5.23. The zero-order valence-corrected chi connectivity index (χ0v) is 16.1. The molecule has 1 amide bonds. The van der Waals surface area contributed by atoms with Gasteiger partial charge >= 0.3 is 12.1 Å². The summed E-state index contributed by atoms with van der Waals surface area (Å²) >= 11 is 0. The van der Waals surface area contributed by atoms with E-state index in [1.54, 1.807) is 29.4 Å². The van der Waals surface area contributed by atoms with Crippen LogP contribution in [-0.2, 0) is 6.18 Å². The van der Waals surface area contributed by atoms with Crippen LogP contribution >= 0.6 is 0 Å². The molecular weight excluding hydrogens is 411 g/mol. The van der Waals surface area contributed by atoms with E-state index < -0.39 is 12.1 Å². The number of likely N-dealkylation sites (tertiary alicyclic amines) is 1. The van der Waals surface area contributed by atoms with E-state index >= 15 is 0 Å². The summed E-state index contributed by atoms with van der Waals surface area (Å²) in [6, 6.07) is 10.1. The van der Waals surface area contributed by atoms with Gasteiger partial charge in [-0.05, 0) is 42.5 Å². The maximum absolute atomic E-state index is 12.9.